The van der Waals surface area contributed by atoms with E-state index in [0.29, 0.717) is 26.0 Å². The van der Waals surface area contributed by atoms with Crippen molar-refractivity contribution in [3.05, 3.63) is 0 Å². The van der Waals surface area contributed by atoms with Gasteiger partial charge in [-0.25, -0.2) is 4.79 Å². The van der Waals surface area contributed by atoms with Crippen molar-refractivity contribution in [1.29, 1.82) is 0 Å². The Bertz CT molecular complexity index is 278. The van der Waals surface area contributed by atoms with Crippen molar-refractivity contribution in [1.82, 2.24) is 4.90 Å². The summed E-state index contributed by atoms with van der Waals surface area (Å²) in [6.07, 6.45) is 1.75. The maximum Gasteiger partial charge on any atom is 0.328 e. The van der Waals surface area contributed by atoms with Crippen molar-refractivity contribution in [3.63, 3.8) is 0 Å². The summed E-state index contributed by atoms with van der Waals surface area (Å²) in [5.41, 5.74) is 0. The van der Waals surface area contributed by atoms with Crippen molar-refractivity contribution >= 4 is 11.9 Å². The lowest BCUT2D eigenvalue weighted by Gasteiger charge is -2.23. The topological polar surface area (TPSA) is 66.8 Å². The first-order valence-electron chi connectivity index (χ1n) is 6.20. The number of aliphatic hydroxyl groups is 1. The second-order valence-electron chi connectivity index (χ2n) is 4.38. The maximum absolute atomic E-state index is 11.9. The van der Waals surface area contributed by atoms with Gasteiger partial charge in [-0.3, -0.25) is 4.79 Å². The van der Waals surface area contributed by atoms with Crippen LogP contribution in [0.25, 0.3) is 0 Å². The fourth-order valence-corrected chi connectivity index (χ4v) is 2.02. The number of ether oxygens (including phenoxy) is 1. The molecule has 5 nitrogen and oxygen atoms in total. The highest BCUT2D eigenvalue weighted by Crippen LogP contribution is 2.20. The van der Waals surface area contributed by atoms with Gasteiger partial charge in [0, 0.05) is 13.0 Å². The summed E-state index contributed by atoms with van der Waals surface area (Å²) >= 11 is 0. The van der Waals surface area contributed by atoms with Crippen LogP contribution in [0.5, 0.6) is 0 Å². The number of aliphatic hydroxyl groups excluding tert-OH is 1. The third-order valence-electron chi connectivity index (χ3n) is 2.91. The molecule has 2 atom stereocenters. The molecule has 0 aromatic rings. The predicted octanol–water partition coefficient (Wildman–Crippen LogP) is 0.701. The molecule has 98 valence electrons. The van der Waals surface area contributed by atoms with Crippen molar-refractivity contribution in [2.75, 3.05) is 13.2 Å². The Morgan fingerprint density at radius 1 is 1.53 bits per heavy atom. The SMILES string of the molecule is CCOC(=O)C1CCCN1C(=O)CCC(C)O. The van der Waals surface area contributed by atoms with Gasteiger partial charge in [-0.15, -0.1) is 0 Å². The molecule has 0 spiro atoms. The zero-order valence-electron chi connectivity index (χ0n) is 10.5. The van der Waals surface area contributed by atoms with E-state index in [1.165, 1.54) is 0 Å². The van der Waals surface area contributed by atoms with Gasteiger partial charge in [0.2, 0.25) is 5.91 Å². The Morgan fingerprint density at radius 2 is 2.24 bits per heavy atom. The van der Waals surface area contributed by atoms with Crippen LogP contribution in [0.3, 0.4) is 0 Å². The number of carbonyl (C=O) groups is 2. The van der Waals surface area contributed by atoms with Crippen molar-refractivity contribution in [2.24, 2.45) is 0 Å². The van der Waals surface area contributed by atoms with E-state index in [1.54, 1.807) is 18.7 Å². The quantitative estimate of drug-likeness (QED) is 0.722. The molecule has 1 fully saturated rings. The molecule has 0 aromatic heterocycles. The second-order valence-corrected chi connectivity index (χ2v) is 4.38. The van der Waals surface area contributed by atoms with Gasteiger partial charge in [-0.1, -0.05) is 0 Å². The van der Waals surface area contributed by atoms with Gasteiger partial charge < -0.3 is 14.7 Å². The average Bonchev–Trinajstić information content (AvgIpc) is 2.75. The minimum atomic E-state index is -0.484. The molecule has 1 amide bonds. The van der Waals surface area contributed by atoms with Crippen molar-refractivity contribution in [3.8, 4) is 0 Å². The highest BCUT2D eigenvalue weighted by molar-refractivity contribution is 5.85. The number of hydrogen-bond donors (Lipinski definition) is 1. The zero-order chi connectivity index (χ0) is 12.8. The van der Waals surface area contributed by atoms with E-state index in [1.807, 2.05) is 0 Å². The van der Waals surface area contributed by atoms with Crippen LogP contribution in [0.2, 0.25) is 0 Å². The molecule has 17 heavy (non-hydrogen) atoms. The molecule has 1 aliphatic heterocycles. The molecule has 1 aliphatic rings. The molecule has 2 unspecified atom stereocenters. The van der Waals surface area contributed by atoms with Gasteiger partial charge in [0.15, 0.2) is 0 Å². The lowest BCUT2D eigenvalue weighted by Crippen LogP contribution is -2.41. The molecule has 1 heterocycles. The highest BCUT2D eigenvalue weighted by atomic mass is 16.5. The van der Waals surface area contributed by atoms with Gasteiger partial charge in [0.05, 0.1) is 12.7 Å². The normalized spacial score (nSPS) is 21.4. The summed E-state index contributed by atoms with van der Waals surface area (Å²) in [7, 11) is 0. The van der Waals surface area contributed by atoms with Gasteiger partial charge in [0.25, 0.3) is 0 Å². The molecule has 1 rings (SSSR count). The Balaban J connectivity index is 2.50. The minimum absolute atomic E-state index is 0.0681. The van der Waals surface area contributed by atoms with Crippen molar-refractivity contribution in [2.45, 2.75) is 51.7 Å². The van der Waals surface area contributed by atoms with E-state index in [-0.39, 0.29) is 18.3 Å². The first-order valence-corrected chi connectivity index (χ1v) is 6.20. The fraction of sp³-hybridized carbons (Fsp3) is 0.833. The van der Waals surface area contributed by atoms with E-state index in [4.69, 9.17) is 9.84 Å². The number of nitrogens with zero attached hydrogens (tertiary/aromatic N) is 1. The summed E-state index contributed by atoms with van der Waals surface area (Å²) in [6, 6.07) is -0.420. The molecular weight excluding hydrogens is 222 g/mol. The summed E-state index contributed by atoms with van der Waals surface area (Å²) in [6.45, 7) is 4.36. The molecule has 0 aromatic carbocycles. The van der Waals surface area contributed by atoms with E-state index < -0.39 is 12.1 Å². The smallest absolute Gasteiger partial charge is 0.328 e. The van der Waals surface area contributed by atoms with E-state index >= 15 is 0 Å². The molecule has 0 bridgehead atoms. The van der Waals surface area contributed by atoms with E-state index in [9.17, 15) is 9.59 Å². The van der Waals surface area contributed by atoms with Crippen LogP contribution >= 0.6 is 0 Å². The lowest BCUT2D eigenvalue weighted by molar-refractivity contribution is -0.153. The molecule has 1 saturated heterocycles. The highest BCUT2D eigenvalue weighted by Gasteiger charge is 2.34. The van der Waals surface area contributed by atoms with Gasteiger partial charge in [-0.05, 0) is 33.1 Å². The molecule has 0 radical (unpaired) electrons. The summed E-state index contributed by atoms with van der Waals surface area (Å²) in [5, 5.41) is 9.14. The maximum atomic E-state index is 11.9. The number of rotatable bonds is 5. The third-order valence-corrected chi connectivity index (χ3v) is 2.91. The van der Waals surface area contributed by atoms with Gasteiger partial charge in [0.1, 0.15) is 6.04 Å². The van der Waals surface area contributed by atoms with Crippen LogP contribution in [0.15, 0.2) is 0 Å². The second kappa shape index (κ2) is 6.59. The van der Waals surface area contributed by atoms with Crippen LogP contribution in [0.4, 0.5) is 0 Å². The first-order chi connectivity index (χ1) is 8.06. The number of amides is 1. The Labute approximate surface area is 102 Å². The van der Waals surface area contributed by atoms with Crippen LogP contribution in [-0.4, -0.2) is 47.2 Å². The van der Waals surface area contributed by atoms with Crippen LogP contribution in [-0.2, 0) is 14.3 Å². The largest absolute Gasteiger partial charge is 0.464 e. The van der Waals surface area contributed by atoms with E-state index in [0.717, 1.165) is 6.42 Å². The molecule has 1 N–H and O–H groups in total. The summed E-state index contributed by atoms with van der Waals surface area (Å²) in [4.78, 5) is 25.1. The number of esters is 1. The van der Waals surface area contributed by atoms with Crippen molar-refractivity contribution < 1.29 is 19.4 Å². The Hall–Kier alpha value is -1.10. The number of hydrogen-bond acceptors (Lipinski definition) is 4. The minimum Gasteiger partial charge on any atom is -0.464 e. The molecule has 0 aliphatic carbocycles. The standard InChI is InChI=1S/C12H21NO4/c1-3-17-12(16)10-5-4-8-13(10)11(15)7-6-9(2)14/h9-10,14H,3-8H2,1-2H3. The van der Waals surface area contributed by atoms with Crippen LogP contribution in [0, 0.1) is 0 Å². The number of carbonyl (C=O) groups excluding carboxylic acids is 2. The average molecular weight is 243 g/mol. The van der Waals surface area contributed by atoms with Crippen LogP contribution < -0.4 is 0 Å². The van der Waals surface area contributed by atoms with Crippen LogP contribution in [0.1, 0.15) is 39.5 Å². The lowest BCUT2D eigenvalue weighted by atomic mass is 10.2. The molecular formula is C12H21NO4. The molecule has 0 saturated carbocycles. The van der Waals surface area contributed by atoms with Gasteiger partial charge in [-0.2, -0.15) is 0 Å². The first kappa shape index (κ1) is 14.0. The Kier molecular flexibility index (Phi) is 5.41. The van der Waals surface area contributed by atoms with Gasteiger partial charge >= 0.3 is 5.97 Å². The monoisotopic (exact) mass is 243 g/mol. The molecule has 5 heteroatoms. The van der Waals surface area contributed by atoms with E-state index in [2.05, 4.69) is 0 Å². The zero-order valence-corrected chi connectivity index (χ0v) is 10.5. The summed E-state index contributed by atoms with van der Waals surface area (Å²) < 4.78 is 4.95. The Morgan fingerprint density at radius 3 is 2.82 bits per heavy atom. The fourth-order valence-electron chi connectivity index (χ4n) is 2.02. The third kappa shape index (κ3) is 4.00. The number of likely N-dealkylation sites (tertiary alicyclic amines) is 1. The predicted molar refractivity (Wildman–Crippen MR) is 62.3 cm³/mol. The summed E-state index contributed by atoms with van der Waals surface area (Å²) in [5.74, 6) is -0.378.